The molecule has 1 unspecified atom stereocenters. The molecule has 0 saturated carbocycles. The Kier molecular flexibility index (Phi) is 6.03. The maximum Gasteiger partial charge on any atom is 0.0760 e. The van der Waals surface area contributed by atoms with E-state index in [1.54, 1.807) is 0 Å². The van der Waals surface area contributed by atoms with Gasteiger partial charge in [-0.3, -0.25) is 0 Å². The summed E-state index contributed by atoms with van der Waals surface area (Å²) < 4.78 is 0. The van der Waals surface area contributed by atoms with Crippen LogP contribution in [0.1, 0.15) is 26.3 Å². The van der Waals surface area contributed by atoms with Crippen LogP contribution in [0.4, 0.5) is 0 Å². The highest BCUT2D eigenvalue weighted by Gasteiger charge is 2.30. The molecule has 1 aromatic rings. The van der Waals surface area contributed by atoms with Crippen molar-refractivity contribution in [2.24, 2.45) is 0 Å². The molecule has 0 amide bonds. The lowest BCUT2D eigenvalue weighted by Crippen LogP contribution is -2.48. The van der Waals surface area contributed by atoms with Gasteiger partial charge in [0.2, 0.25) is 0 Å². The summed E-state index contributed by atoms with van der Waals surface area (Å²) in [5.74, 6) is 0.888. The highest BCUT2D eigenvalue weighted by atomic mass is 32.2. The molecular formula is C14H23NOS. The van der Waals surface area contributed by atoms with Gasteiger partial charge in [-0.2, -0.15) is 11.8 Å². The van der Waals surface area contributed by atoms with Crippen LogP contribution >= 0.6 is 11.8 Å². The van der Waals surface area contributed by atoms with Gasteiger partial charge >= 0.3 is 0 Å². The largest absolute Gasteiger partial charge is 0.394 e. The summed E-state index contributed by atoms with van der Waals surface area (Å²) in [7, 11) is 0. The fourth-order valence-corrected chi connectivity index (χ4v) is 2.81. The van der Waals surface area contributed by atoms with Gasteiger partial charge in [0.05, 0.1) is 12.1 Å². The number of nitrogens with one attached hydrogen (secondary N) is 1. The number of aliphatic hydroxyl groups excluding tert-OH is 1. The molecule has 96 valence electrons. The first-order chi connectivity index (χ1) is 8.14. The first-order valence-corrected chi connectivity index (χ1v) is 7.22. The smallest absolute Gasteiger partial charge is 0.0760 e. The van der Waals surface area contributed by atoms with E-state index in [1.807, 2.05) is 30.0 Å². The third kappa shape index (κ3) is 4.02. The van der Waals surface area contributed by atoms with Crippen LogP contribution in [0.5, 0.6) is 0 Å². The topological polar surface area (TPSA) is 32.3 Å². The Balaban J connectivity index is 2.91. The molecule has 2 nitrogen and oxygen atoms in total. The predicted octanol–water partition coefficient (Wildman–Crippen LogP) is 2.63. The zero-order valence-corrected chi connectivity index (χ0v) is 11.8. The fourth-order valence-electron chi connectivity index (χ4n) is 1.83. The molecule has 1 rings (SSSR count). The second-order valence-electron chi connectivity index (χ2n) is 4.50. The van der Waals surface area contributed by atoms with Crippen LogP contribution in [0, 0.1) is 0 Å². The lowest BCUT2D eigenvalue weighted by molar-refractivity contribution is 0.181. The van der Waals surface area contributed by atoms with Gasteiger partial charge in [0.1, 0.15) is 0 Å². The zero-order valence-electron chi connectivity index (χ0n) is 10.9. The van der Waals surface area contributed by atoms with Crippen LogP contribution in [-0.4, -0.2) is 29.3 Å². The minimum Gasteiger partial charge on any atom is -0.394 e. The van der Waals surface area contributed by atoms with Gasteiger partial charge < -0.3 is 10.4 Å². The van der Waals surface area contributed by atoms with E-state index in [1.165, 1.54) is 0 Å². The van der Waals surface area contributed by atoms with Crippen molar-refractivity contribution in [3.05, 3.63) is 35.9 Å². The molecule has 1 atom stereocenters. The lowest BCUT2D eigenvalue weighted by Gasteiger charge is -2.33. The highest BCUT2D eigenvalue weighted by molar-refractivity contribution is 7.99. The second kappa shape index (κ2) is 7.04. The summed E-state index contributed by atoms with van der Waals surface area (Å²) >= 11 is 1.88. The van der Waals surface area contributed by atoms with E-state index >= 15 is 0 Å². The fraction of sp³-hybridized carbons (Fsp3) is 0.571. The summed E-state index contributed by atoms with van der Waals surface area (Å²) in [4.78, 5) is 0. The van der Waals surface area contributed by atoms with E-state index in [-0.39, 0.29) is 12.1 Å². The number of thioether (sulfide) groups is 1. The van der Waals surface area contributed by atoms with Gasteiger partial charge in [-0.05, 0) is 17.4 Å². The van der Waals surface area contributed by atoms with Gasteiger partial charge in [-0.25, -0.2) is 0 Å². The molecule has 0 aliphatic heterocycles. The maximum absolute atomic E-state index is 9.80. The summed E-state index contributed by atoms with van der Waals surface area (Å²) in [5.41, 5.74) is 0.850. The van der Waals surface area contributed by atoms with Crippen LogP contribution in [0.15, 0.2) is 30.3 Å². The van der Waals surface area contributed by atoms with Gasteiger partial charge in [-0.1, -0.05) is 51.1 Å². The maximum atomic E-state index is 9.80. The van der Waals surface area contributed by atoms with Crippen molar-refractivity contribution in [2.45, 2.75) is 31.6 Å². The molecule has 1 aromatic carbocycles. The number of likely N-dealkylation sites (N-methyl/N-ethyl adjacent to an activating group) is 1. The lowest BCUT2D eigenvalue weighted by atomic mass is 9.92. The Morgan fingerprint density at radius 1 is 1.29 bits per heavy atom. The van der Waals surface area contributed by atoms with E-state index in [2.05, 4.69) is 38.2 Å². The monoisotopic (exact) mass is 253 g/mol. The van der Waals surface area contributed by atoms with Crippen molar-refractivity contribution in [3.8, 4) is 0 Å². The molecule has 0 radical (unpaired) electrons. The molecule has 0 heterocycles. The number of hydrogen-bond donors (Lipinski definition) is 2. The summed E-state index contributed by atoms with van der Waals surface area (Å²) in [6.07, 6.45) is 0. The van der Waals surface area contributed by atoms with Crippen LogP contribution < -0.4 is 5.32 Å². The van der Waals surface area contributed by atoms with E-state index in [0.717, 1.165) is 17.9 Å². The molecule has 3 heteroatoms. The molecule has 0 spiro atoms. The average molecular weight is 253 g/mol. The highest BCUT2D eigenvalue weighted by Crippen LogP contribution is 2.27. The number of benzene rings is 1. The number of hydrogen-bond acceptors (Lipinski definition) is 3. The van der Waals surface area contributed by atoms with Crippen molar-refractivity contribution >= 4 is 11.8 Å². The Labute approximate surface area is 109 Å². The first-order valence-electron chi connectivity index (χ1n) is 6.17. The molecule has 0 aromatic heterocycles. The Hall–Kier alpha value is -0.510. The minimum atomic E-state index is -0.315. The van der Waals surface area contributed by atoms with E-state index in [4.69, 9.17) is 0 Å². The Morgan fingerprint density at radius 3 is 2.41 bits per heavy atom. The van der Waals surface area contributed by atoms with Gasteiger partial charge in [-0.15, -0.1) is 0 Å². The average Bonchev–Trinajstić information content (AvgIpc) is 2.35. The van der Waals surface area contributed by atoms with Gasteiger partial charge in [0, 0.05) is 5.75 Å². The Morgan fingerprint density at radius 2 is 1.94 bits per heavy atom. The zero-order chi connectivity index (χ0) is 12.7. The quantitative estimate of drug-likeness (QED) is 0.783. The first kappa shape index (κ1) is 14.6. The molecule has 0 bridgehead atoms. The molecule has 0 saturated heterocycles. The summed E-state index contributed by atoms with van der Waals surface area (Å²) in [5, 5.41) is 13.8. The third-order valence-electron chi connectivity index (χ3n) is 2.77. The SMILES string of the molecule is CCNC(CO)(CSC(C)C)c1ccccc1. The van der Waals surface area contributed by atoms with Crippen LogP contribution in [0.3, 0.4) is 0 Å². The van der Waals surface area contributed by atoms with Crippen molar-refractivity contribution < 1.29 is 5.11 Å². The standard InChI is InChI=1S/C14H23NOS/c1-4-15-14(10-16,11-17-12(2)3)13-8-6-5-7-9-13/h5-9,12,15-16H,4,10-11H2,1-3H3. The number of rotatable bonds is 7. The normalized spacial score (nSPS) is 14.9. The molecule has 17 heavy (non-hydrogen) atoms. The molecule has 2 N–H and O–H groups in total. The van der Waals surface area contributed by atoms with Gasteiger partial charge in [0.15, 0.2) is 0 Å². The molecule has 0 fully saturated rings. The van der Waals surface area contributed by atoms with E-state index in [0.29, 0.717) is 5.25 Å². The van der Waals surface area contributed by atoms with E-state index < -0.39 is 0 Å². The third-order valence-corrected chi connectivity index (χ3v) is 4.10. The van der Waals surface area contributed by atoms with Crippen molar-refractivity contribution in [1.82, 2.24) is 5.32 Å². The van der Waals surface area contributed by atoms with Crippen molar-refractivity contribution in [2.75, 3.05) is 18.9 Å². The summed E-state index contributed by atoms with van der Waals surface area (Å²) in [6.45, 7) is 7.43. The van der Waals surface area contributed by atoms with Crippen LogP contribution in [-0.2, 0) is 5.54 Å². The van der Waals surface area contributed by atoms with E-state index in [9.17, 15) is 5.11 Å². The number of aliphatic hydroxyl groups is 1. The second-order valence-corrected chi connectivity index (χ2v) is 6.06. The summed E-state index contributed by atoms with van der Waals surface area (Å²) in [6, 6.07) is 10.2. The molecule has 0 aliphatic rings. The Bertz CT molecular complexity index is 315. The minimum absolute atomic E-state index is 0.130. The predicted molar refractivity (Wildman–Crippen MR) is 76.5 cm³/mol. The van der Waals surface area contributed by atoms with Crippen LogP contribution in [0.2, 0.25) is 0 Å². The van der Waals surface area contributed by atoms with Crippen LogP contribution in [0.25, 0.3) is 0 Å². The molecular weight excluding hydrogens is 230 g/mol. The van der Waals surface area contributed by atoms with Crippen molar-refractivity contribution in [1.29, 1.82) is 0 Å². The van der Waals surface area contributed by atoms with Gasteiger partial charge in [0.25, 0.3) is 0 Å². The van der Waals surface area contributed by atoms with Crippen molar-refractivity contribution in [3.63, 3.8) is 0 Å². The molecule has 0 aliphatic carbocycles.